The highest BCUT2D eigenvalue weighted by atomic mass is 79.9. The van der Waals surface area contributed by atoms with Crippen molar-refractivity contribution in [2.45, 2.75) is 45.1 Å². The topological polar surface area (TPSA) is 66.4 Å². The minimum absolute atomic E-state index is 0.0258. The largest absolute Gasteiger partial charge is 0.481 e. The average Bonchev–Trinajstić information content (AvgIpc) is 2.36. The summed E-state index contributed by atoms with van der Waals surface area (Å²) in [6.07, 6.45) is 2.91. The first kappa shape index (κ1) is 16.0. The van der Waals surface area contributed by atoms with E-state index < -0.39 is 11.4 Å². The summed E-state index contributed by atoms with van der Waals surface area (Å²) in [4.78, 5) is 23.3. The SMILES string of the molecule is CC(Cc1ccccc1Br)NC(=O)CC1(C(=O)O)CCC1. The molecule has 0 aliphatic heterocycles. The second-order valence-electron chi connectivity index (χ2n) is 5.88. The predicted octanol–water partition coefficient (Wildman–Crippen LogP) is 3.14. The summed E-state index contributed by atoms with van der Waals surface area (Å²) in [6, 6.07) is 7.86. The number of hydrogen-bond acceptors (Lipinski definition) is 2. The molecule has 0 radical (unpaired) electrons. The van der Waals surface area contributed by atoms with Gasteiger partial charge in [-0.3, -0.25) is 9.59 Å². The molecule has 1 aromatic rings. The molecule has 21 heavy (non-hydrogen) atoms. The molecule has 1 aliphatic rings. The van der Waals surface area contributed by atoms with Crippen molar-refractivity contribution >= 4 is 27.8 Å². The van der Waals surface area contributed by atoms with E-state index in [1.807, 2.05) is 31.2 Å². The fourth-order valence-electron chi connectivity index (χ4n) is 2.75. The highest BCUT2D eigenvalue weighted by molar-refractivity contribution is 9.10. The molecule has 4 nitrogen and oxygen atoms in total. The highest BCUT2D eigenvalue weighted by Crippen LogP contribution is 2.44. The maximum absolute atomic E-state index is 12.1. The number of amides is 1. The lowest BCUT2D eigenvalue weighted by molar-refractivity contribution is -0.157. The number of rotatable bonds is 6. The number of halogens is 1. The molecular formula is C16H20BrNO3. The van der Waals surface area contributed by atoms with Crippen LogP contribution in [0.1, 0.15) is 38.2 Å². The minimum atomic E-state index is -0.845. The Morgan fingerprint density at radius 3 is 2.57 bits per heavy atom. The molecular weight excluding hydrogens is 334 g/mol. The third-order valence-corrected chi connectivity index (χ3v) is 4.93. The van der Waals surface area contributed by atoms with Gasteiger partial charge in [0.1, 0.15) is 0 Å². The zero-order chi connectivity index (χ0) is 15.5. The van der Waals surface area contributed by atoms with Crippen molar-refractivity contribution in [3.05, 3.63) is 34.3 Å². The van der Waals surface area contributed by atoms with Gasteiger partial charge in [-0.15, -0.1) is 0 Å². The van der Waals surface area contributed by atoms with Crippen LogP contribution < -0.4 is 5.32 Å². The van der Waals surface area contributed by atoms with Gasteiger partial charge >= 0.3 is 5.97 Å². The van der Waals surface area contributed by atoms with Crippen molar-refractivity contribution in [2.24, 2.45) is 5.41 Å². The highest BCUT2D eigenvalue weighted by Gasteiger charge is 2.45. The first-order valence-corrected chi connectivity index (χ1v) is 7.98. The van der Waals surface area contributed by atoms with Gasteiger partial charge in [0.25, 0.3) is 0 Å². The van der Waals surface area contributed by atoms with Crippen LogP contribution in [0.2, 0.25) is 0 Å². The fourth-order valence-corrected chi connectivity index (χ4v) is 3.19. The summed E-state index contributed by atoms with van der Waals surface area (Å²) in [5, 5.41) is 12.2. The van der Waals surface area contributed by atoms with Crippen molar-refractivity contribution in [3.8, 4) is 0 Å². The van der Waals surface area contributed by atoms with Gasteiger partial charge < -0.3 is 10.4 Å². The monoisotopic (exact) mass is 353 g/mol. The number of aliphatic carboxylic acids is 1. The Kier molecular flexibility index (Phi) is 5.04. The first-order chi connectivity index (χ1) is 9.93. The lowest BCUT2D eigenvalue weighted by Crippen LogP contribution is -2.44. The number of benzene rings is 1. The van der Waals surface area contributed by atoms with Crippen LogP contribution in [0.4, 0.5) is 0 Å². The summed E-state index contributed by atoms with van der Waals surface area (Å²) in [6.45, 7) is 1.94. The average molecular weight is 354 g/mol. The van der Waals surface area contributed by atoms with E-state index in [2.05, 4.69) is 21.2 Å². The molecule has 0 bridgehead atoms. The van der Waals surface area contributed by atoms with Gasteiger partial charge in [-0.05, 0) is 37.8 Å². The van der Waals surface area contributed by atoms with Gasteiger partial charge in [-0.2, -0.15) is 0 Å². The third-order valence-electron chi connectivity index (χ3n) is 4.15. The van der Waals surface area contributed by atoms with E-state index in [-0.39, 0.29) is 18.4 Å². The van der Waals surface area contributed by atoms with Crippen molar-refractivity contribution < 1.29 is 14.7 Å². The number of carbonyl (C=O) groups excluding carboxylic acids is 1. The Morgan fingerprint density at radius 1 is 1.38 bits per heavy atom. The summed E-state index contributed by atoms with van der Waals surface area (Å²) >= 11 is 3.49. The van der Waals surface area contributed by atoms with Gasteiger partial charge in [0.2, 0.25) is 5.91 Å². The number of nitrogens with one attached hydrogen (secondary N) is 1. The molecule has 1 amide bonds. The molecule has 114 valence electrons. The molecule has 0 aromatic heterocycles. The summed E-state index contributed by atoms with van der Waals surface area (Å²) in [5.41, 5.74) is 0.304. The molecule has 1 aliphatic carbocycles. The van der Waals surface area contributed by atoms with Gasteiger partial charge in [0, 0.05) is 16.9 Å². The van der Waals surface area contributed by atoms with E-state index >= 15 is 0 Å². The van der Waals surface area contributed by atoms with Gasteiger partial charge in [-0.1, -0.05) is 40.5 Å². The Hall–Kier alpha value is -1.36. The van der Waals surface area contributed by atoms with Crippen LogP contribution in [0.25, 0.3) is 0 Å². The molecule has 0 spiro atoms. The molecule has 0 heterocycles. The zero-order valence-corrected chi connectivity index (χ0v) is 13.6. The minimum Gasteiger partial charge on any atom is -0.481 e. The molecule has 0 saturated heterocycles. The van der Waals surface area contributed by atoms with E-state index in [1.165, 1.54) is 0 Å². The zero-order valence-electron chi connectivity index (χ0n) is 12.1. The summed E-state index contributed by atoms with van der Waals surface area (Å²) < 4.78 is 1.02. The predicted molar refractivity (Wildman–Crippen MR) is 84.0 cm³/mol. The lowest BCUT2D eigenvalue weighted by atomic mass is 9.66. The lowest BCUT2D eigenvalue weighted by Gasteiger charge is -2.37. The van der Waals surface area contributed by atoms with E-state index in [0.717, 1.165) is 16.5 Å². The Labute approximate surface area is 133 Å². The smallest absolute Gasteiger partial charge is 0.310 e. The van der Waals surface area contributed by atoms with Crippen LogP contribution in [-0.4, -0.2) is 23.0 Å². The van der Waals surface area contributed by atoms with Crippen molar-refractivity contribution in [3.63, 3.8) is 0 Å². The second-order valence-corrected chi connectivity index (χ2v) is 6.73. The van der Waals surface area contributed by atoms with Gasteiger partial charge in [-0.25, -0.2) is 0 Å². The van der Waals surface area contributed by atoms with Crippen LogP contribution in [0, 0.1) is 5.41 Å². The van der Waals surface area contributed by atoms with E-state index in [0.29, 0.717) is 19.3 Å². The normalized spacial score (nSPS) is 17.6. The molecule has 1 saturated carbocycles. The van der Waals surface area contributed by atoms with E-state index in [1.54, 1.807) is 0 Å². The standard InChI is InChI=1S/C16H20BrNO3/c1-11(9-12-5-2-3-6-13(12)17)18-14(19)10-16(15(20)21)7-4-8-16/h2-3,5-6,11H,4,7-10H2,1H3,(H,18,19)(H,20,21). The molecule has 1 atom stereocenters. The van der Waals surface area contributed by atoms with Gasteiger partial charge in [0.15, 0.2) is 0 Å². The summed E-state index contributed by atoms with van der Waals surface area (Å²) in [5.74, 6) is -1.01. The van der Waals surface area contributed by atoms with Crippen molar-refractivity contribution in [1.82, 2.24) is 5.32 Å². The van der Waals surface area contributed by atoms with Crippen LogP contribution in [-0.2, 0) is 16.0 Å². The number of carboxylic acids is 1. The fraction of sp³-hybridized carbons (Fsp3) is 0.500. The quantitative estimate of drug-likeness (QED) is 0.825. The van der Waals surface area contributed by atoms with Gasteiger partial charge in [0.05, 0.1) is 5.41 Å². The van der Waals surface area contributed by atoms with Crippen molar-refractivity contribution in [2.75, 3.05) is 0 Å². The Bertz CT molecular complexity index is 540. The van der Waals surface area contributed by atoms with Crippen LogP contribution >= 0.6 is 15.9 Å². The van der Waals surface area contributed by atoms with E-state index in [4.69, 9.17) is 0 Å². The molecule has 2 rings (SSSR count). The summed E-state index contributed by atoms with van der Waals surface area (Å²) in [7, 11) is 0. The van der Waals surface area contributed by atoms with Crippen LogP contribution in [0.3, 0.4) is 0 Å². The third kappa shape index (κ3) is 3.84. The number of hydrogen-bond donors (Lipinski definition) is 2. The first-order valence-electron chi connectivity index (χ1n) is 7.19. The van der Waals surface area contributed by atoms with E-state index in [9.17, 15) is 14.7 Å². The van der Waals surface area contributed by atoms with Crippen molar-refractivity contribution in [1.29, 1.82) is 0 Å². The Morgan fingerprint density at radius 2 is 2.05 bits per heavy atom. The second kappa shape index (κ2) is 6.60. The molecule has 2 N–H and O–H groups in total. The molecule has 1 fully saturated rings. The molecule has 5 heteroatoms. The molecule has 1 aromatic carbocycles. The van der Waals surface area contributed by atoms with Crippen LogP contribution in [0.5, 0.6) is 0 Å². The van der Waals surface area contributed by atoms with Crippen LogP contribution in [0.15, 0.2) is 28.7 Å². The molecule has 1 unspecified atom stereocenters. The maximum Gasteiger partial charge on any atom is 0.310 e. The number of carboxylic acid groups (broad SMARTS) is 1. The Balaban J connectivity index is 1.88. The maximum atomic E-state index is 12.1. The number of carbonyl (C=O) groups is 2.